The molecule has 3 rings (SSSR count). The quantitative estimate of drug-likeness (QED) is 0.678. The highest BCUT2D eigenvalue weighted by molar-refractivity contribution is 6.10. The molecule has 0 aliphatic rings. The van der Waals surface area contributed by atoms with Crippen LogP contribution < -0.4 is 0 Å². The van der Waals surface area contributed by atoms with Gasteiger partial charge in [-0.3, -0.25) is 4.79 Å². The minimum absolute atomic E-state index is 0.0701. The Morgan fingerprint density at radius 1 is 1.04 bits per heavy atom. The van der Waals surface area contributed by atoms with E-state index >= 15 is 0 Å². The predicted molar refractivity (Wildman–Crippen MR) is 92.7 cm³/mol. The molecular weight excluding hydrogens is 284 g/mol. The van der Waals surface area contributed by atoms with Crippen molar-refractivity contribution in [3.8, 4) is 11.4 Å². The van der Waals surface area contributed by atoms with E-state index in [-0.39, 0.29) is 5.78 Å². The highest BCUT2D eigenvalue weighted by Crippen LogP contribution is 2.31. The average Bonchev–Trinajstić information content (AvgIpc) is 2.97. The number of hydrogen-bond donors (Lipinski definition) is 0. The summed E-state index contributed by atoms with van der Waals surface area (Å²) in [6.45, 7) is 6.11. The highest BCUT2D eigenvalue weighted by Gasteiger charge is 2.19. The molecule has 0 saturated heterocycles. The summed E-state index contributed by atoms with van der Waals surface area (Å²) in [5.74, 6) is 1.00. The second-order valence-electron chi connectivity index (χ2n) is 5.92. The molecule has 0 amide bonds. The van der Waals surface area contributed by atoms with Crippen LogP contribution in [0.2, 0.25) is 0 Å². The molecule has 3 nitrogen and oxygen atoms in total. The zero-order valence-electron chi connectivity index (χ0n) is 13.9. The van der Waals surface area contributed by atoms with Crippen LogP contribution in [0.5, 0.6) is 0 Å². The van der Waals surface area contributed by atoms with Crippen molar-refractivity contribution in [3.63, 3.8) is 0 Å². The van der Waals surface area contributed by atoms with Crippen LogP contribution in [0.3, 0.4) is 0 Å². The Morgan fingerprint density at radius 3 is 2.35 bits per heavy atom. The van der Waals surface area contributed by atoms with Crippen molar-refractivity contribution in [2.24, 2.45) is 7.05 Å². The lowest BCUT2D eigenvalue weighted by Gasteiger charge is -2.16. The molecule has 3 heteroatoms. The number of aryl methyl sites for hydroxylation is 2. The molecule has 116 valence electrons. The summed E-state index contributed by atoms with van der Waals surface area (Å²) >= 11 is 0. The SMILES string of the molecule is Cc1cc(C(=O)c2ccccc2)c(C)c(C)c1-c1nccn1C. The van der Waals surface area contributed by atoms with Gasteiger partial charge in [0.1, 0.15) is 5.82 Å². The Hall–Kier alpha value is -2.68. The number of nitrogens with zero attached hydrogens (tertiary/aromatic N) is 2. The van der Waals surface area contributed by atoms with Crippen molar-refractivity contribution in [3.05, 3.63) is 76.6 Å². The van der Waals surface area contributed by atoms with Gasteiger partial charge in [0.15, 0.2) is 5.78 Å². The van der Waals surface area contributed by atoms with E-state index < -0.39 is 0 Å². The topological polar surface area (TPSA) is 34.9 Å². The molecule has 0 unspecified atom stereocenters. The van der Waals surface area contributed by atoms with E-state index in [2.05, 4.69) is 11.9 Å². The minimum Gasteiger partial charge on any atom is -0.334 e. The Kier molecular flexibility index (Phi) is 3.87. The highest BCUT2D eigenvalue weighted by atomic mass is 16.1. The van der Waals surface area contributed by atoms with Crippen LogP contribution in [0, 0.1) is 20.8 Å². The van der Waals surface area contributed by atoms with E-state index in [1.807, 2.05) is 68.1 Å². The molecule has 1 aromatic heterocycles. The van der Waals surface area contributed by atoms with Crippen LogP contribution >= 0.6 is 0 Å². The van der Waals surface area contributed by atoms with Crippen molar-refractivity contribution in [2.45, 2.75) is 20.8 Å². The molecule has 0 aliphatic carbocycles. The Labute approximate surface area is 136 Å². The van der Waals surface area contributed by atoms with Gasteiger partial charge in [-0.05, 0) is 43.5 Å². The number of rotatable bonds is 3. The lowest BCUT2D eigenvalue weighted by molar-refractivity contribution is 0.103. The number of aromatic nitrogens is 2. The zero-order chi connectivity index (χ0) is 16.6. The van der Waals surface area contributed by atoms with Crippen molar-refractivity contribution in [1.29, 1.82) is 0 Å². The first-order chi connectivity index (χ1) is 11.0. The number of carbonyl (C=O) groups excluding carboxylic acids is 1. The third-order valence-corrected chi connectivity index (χ3v) is 4.42. The number of imidazole rings is 1. The number of ketones is 1. The maximum atomic E-state index is 12.8. The lowest BCUT2D eigenvalue weighted by Crippen LogP contribution is -2.08. The first kappa shape index (κ1) is 15.2. The second-order valence-corrected chi connectivity index (χ2v) is 5.92. The Bertz CT molecular complexity index is 876. The van der Waals surface area contributed by atoms with Crippen LogP contribution in [0.15, 0.2) is 48.8 Å². The van der Waals surface area contributed by atoms with E-state index in [9.17, 15) is 4.79 Å². The van der Waals surface area contributed by atoms with Crippen molar-refractivity contribution in [2.75, 3.05) is 0 Å². The fourth-order valence-corrected chi connectivity index (χ4v) is 3.01. The smallest absolute Gasteiger partial charge is 0.193 e. The summed E-state index contributed by atoms with van der Waals surface area (Å²) in [4.78, 5) is 17.3. The van der Waals surface area contributed by atoms with Crippen LogP contribution in [-0.2, 0) is 7.05 Å². The van der Waals surface area contributed by atoms with Gasteiger partial charge in [-0.1, -0.05) is 30.3 Å². The van der Waals surface area contributed by atoms with E-state index in [1.165, 1.54) is 0 Å². The van der Waals surface area contributed by atoms with Gasteiger partial charge >= 0.3 is 0 Å². The number of hydrogen-bond acceptors (Lipinski definition) is 2. The van der Waals surface area contributed by atoms with Gasteiger partial charge in [-0.25, -0.2) is 4.98 Å². The van der Waals surface area contributed by atoms with Gasteiger partial charge in [-0.2, -0.15) is 0 Å². The molecular formula is C20H20N2O. The summed E-state index contributed by atoms with van der Waals surface area (Å²) in [7, 11) is 1.99. The van der Waals surface area contributed by atoms with E-state index in [1.54, 1.807) is 6.20 Å². The third-order valence-electron chi connectivity index (χ3n) is 4.42. The van der Waals surface area contributed by atoms with Gasteiger partial charge in [0.25, 0.3) is 0 Å². The first-order valence-electron chi connectivity index (χ1n) is 7.69. The fraction of sp³-hybridized carbons (Fsp3) is 0.200. The van der Waals surface area contributed by atoms with Crippen LogP contribution in [0.25, 0.3) is 11.4 Å². The summed E-state index contributed by atoms with van der Waals surface area (Å²) in [6, 6.07) is 11.4. The van der Waals surface area contributed by atoms with Gasteiger partial charge in [0.2, 0.25) is 0 Å². The Morgan fingerprint density at radius 2 is 1.74 bits per heavy atom. The van der Waals surface area contributed by atoms with Crippen molar-refractivity contribution >= 4 is 5.78 Å². The predicted octanol–water partition coefficient (Wildman–Crippen LogP) is 4.24. The minimum atomic E-state index is 0.0701. The molecule has 0 spiro atoms. The summed E-state index contributed by atoms with van der Waals surface area (Å²) < 4.78 is 2.01. The van der Waals surface area contributed by atoms with Crippen molar-refractivity contribution in [1.82, 2.24) is 9.55 Å². The van der Waals surface area contributed by atoms with Crippen LogP contribution in [0.4, 0.5) is 0 Å². The van der Waals surface area contributed by atoms with Gasteiger partial charge in [0, 0.05) is 36.1 Å². The molecule has 0 fully saturated rings. The summed E-state index contributed by atoms with van der Waals surface area (Å²) in [5.41, 5.74) is 5.80. The first-order valence-corrected chi connectivity index (χ1v) is 7.69. The summed E-state index contributed by atoms with van der Waals surface area (Å²) in [6.07, 6.45) is 3.74. The second kappa shape index (κ2) is 5.84. The molecule has 0 N–H and O–H groups in total. The van der Waals surface area contributed by atoms with Crippen LogP contribution in [-0.4, -0.2) is 15.3 Å². The number of carbonyl (C=O) groups is 1. The lowest BCUT2D eigenvalue weighted by atomic mass is 9.89. The van der Waals surface area contributed by atoms with Crippen LogP contribution in [0.1, 0.15) is 32.6 Å². The molecule has 0 bridgehead atoms. The molecule has 23 heavy (non-hydrogen) atoms. The molecule has 0 radical (unpaired) electrons. The largest absolute Gasteiger partial charge is 0.334 e. The normalized spacial score (nSPS) is 10.8. The van der Waals surface area contributed by atoms with E-state index in [0.717, 1.165) is 39.2 Å². The number of benzene rings is 2. The maximum absolute atomic E-state index is 12.8. The van der Waals surface area contributed by atoms with Gasteiger partial charge in [-0.15, -0.1) is 0 Å². The van der Waals surface area contributed by atoms with Crippen molar-refractivity contribution < 1.29 is 4.79 Å². The molecule has 0 saturated carbocycles. The molecule has 2 aromatic carbocycles. The van der Waals surface area contributed by atoms with E-state index in [4.69, 9.17) is 0 Å². The Balaban J connectivity index is 2.16. The fourth-order valence-electron chi connectivity index (χ4n) is 3.01. The standard InChI is InChI=1S/C20H20N2O/c1-13-12-17(19(23)16-8-6-5-7-9-16)14(2)15(3)18(13)20-21-10-11-22(20)4/h5-12H,1-4H3. The third kappa shape index (κ3) is 2.59. The van der Waals surface area contributed by atoms with Gasteiger partial charge < -0.3 is 4.57 Å². The van der Waals surface area contributed by atoms with Gasteiger partial charge in [0.05, 0.1) is 0 Å². The molecule has 1 heterocycles. The zero-order valence-corrected chi connectivity index (χ0v) is 13.9. The van der Waals surface area contributed by atoms with E-state index in [0.29, 0.717) is 0 Å². The average molecular weight is 304 g/mol. The maximum Gasteiger partial charge on any atom is 0.193 e. The molecule has 0 aliphatic heterocycles. The summed E-state index contributed by atoms with van der Waals surface area (Å²) in [5, 5.41) is 0. The molecule has 0 atom stereocenters. The molecule has 3 aromatic rings. The monoisotopic (exact) mass is 304 g/mol.